The van der Waals surface area contributed by atoms with Gasteiger partial charge in [0.15, 0.2) is 0 Å². The summed E-state index contributed by atoms with van der Waals surface area (Å²) >= 11 is 0. The fourth-order valence-electron chi connectivity index (χ4n) is 3.37. The molecule has 3 N–H and O–H groups in total. The highest BCUT2D eigenvalue weighted by Crippen LogP contribution is 2.41. The molecule has 2 bridgehead atoms. The molecule has 0 aromatic carbocycles. The highest BCUT2D eigenvalue weighted by molar-refractivity contribution is 5.03. The van der Waals surface area contributed by atoms with Crippen LogP contribution in [0.15, 0.2) is 0 Å². The summed E-state index contributed by atoms with van der Waals surface area (Å²) in [5, 5.41) is 10.2. The van der Waals surface area contributed by atoms with E-state index >= 15 is 0 Å². The van der Waals surface area contributed by atoms with Crippen LogP contribution in [0.5, 0.6) is 0 Å². The third-order valence-electron chi connectivity index (χ3n) is 3.88. The number of rotatable bonds is 2. The molecule has 3 heteroatoms. The van der Waals surface area contributed by atoms with Crippen LogP contribution in [-0.4, -0.2) is 40.3 Å². The molecule has 2 atom stereocenters. The molecule has 2 heterocycles. The topological polar surface area (TPSA) is 49.5 Å². The van der Waals surface area contributed by atoms with Gasteiger partial charge < -0.3 is 10.8 Å². The Kier molecular flexibility index (Phi) is 2.58. The van der Waals surface area contributed by atoms with Gasteiger partial charge in [0.1, 0.15) is 0 Å². The predicted octanol–water partition coefficient (Wildman–Crippen LogP) is 0.711. The van der Waals surface area contributed by atoms with Gasteiger partial charge >= 0.3 is 0 Å². The van der Waals surface area contributed by atoms with Crippen molar-refractivity contribution < 1.29 is 5.11 Å². The number of nitrogens with zero attached hydrogens (tertiary/aromatic N) is 1. The zero-order valence-electron chi connectivity index (χ0n) is 9.24. The van der Waals surface area contributed by atoms with Crippen LogP contribution in [0, 0.1) is 0 Å². The Morgan fingerprint density at radius 2 is 1.86 bits per heavy atom. The van der Waals surface area contributed by atoms with Gasteiger partial charge in [0, 0.05) is 24.7 Å². The van der Waals surface area contributed by atoms with E-state index in [0.29, 0.717) is 24.7 Å². The lowest BCUT2D eigenvalue weighted by Crippen LogP contribution is -2.55. The van der Waals surface area contributed by atoms with Crippen molar-refractivity contribution in [3.05, 3.63) is 0 Å². The number of fused-ring (bicyclic) bond motifs is 2. The van der Waals surface area contributed by atoms with Crippen molar-refractivity contribution in [2.75, 3.05) is 6.54 Å². The van der Waals surface area contributed by atoms with Gasteiger partial charge in [-0.1, -0.05) is 0 Å². The molecular formula is C11H22N2O. The van der Waals surface area contributed by atoms with Crippen LogP contribution in [-0.2, 0) is 0 Å². The van der Waals surface area contributed by atoms with Gasteiger partial charge in [-0.25, -0.2) is 0 Å². The summed E-state index contributed by atoms with van der Waals surface area (Å²) in [6.07, 6.45) is 4.23. The van der Waals surface area contributed by atoms with E-state index < -0.39 is 5.60 Å². The molecule has 2 aliphatic heterocycles. The molecule has 2 fully saturated rings. The number of piperidine rings is 1. The maximum atomic E-state index is 10.2. The van der Waals surface area contributed by atoms with E-state index in [0.717, 1.165) is 12.8 Å². The molecule has 82 valence electrons. The fourth-order valence-corrected chi connectivity index (χ4v) is 3.37. The maximum Gasteiger partial charge on any atom is 0.0799 e. The van der Waals surface area contributed by atoms with Crippen LogP contribution in [0.25, 0.3) is 0 Å². The first-order valence-corrected chi connectivity index (χ1v) is 5.75. The van der Waals surface area contributed by atoms with Crippen molar-refractivity contribution in [2.24, 2.45) is 5.73 Å². The largest absolute Gasteiger partial charge is 0.388 e. The molecule has 0 amide bonds. The lowest BCUT2D eigenvalue weighted by Gasteiger charge is -2.45. The molecule has 2 saturated heterocycles. The molecule has 0 aromatic heterocycles. The molecular weight excluding hydrogens is 176 g/mol. The zero-order valence-corrected chi connectivity index (χ0v) is 9.24. The summed E-state index contributed by atoms with van der Waals surface area (Å²) in [7, 11) is 0. The molecule has 0 aliphatic carbocycles. The van der Waals surface area contributed by atoms with E-state index in [1.807, 2.05) is 0 Å². The smallest absolute Gasteiger partial charge is 0.0799 e. The first-order valence-electron chi connectivity index (χ1n) is 5.75. The zero-order chi connectivity index (χ0) is 10.3. The Hall–Kier alpha value is -0.120. The third-order valence-corrected chi connectivity index (χ3v) is 3.88. The van der Waals surface area contributed by atoms with Gasteiger partial charge in [0.25, 0.3) is 0 Å². The third kappa shape index (κ3) is 1.58. The Labute approximate surface area is 86.3 Å². The lowest BCUT2D eigenvalue weighted by atomic mass is 9.85. The van der Waals surface area contributed by atoms with Gasteiger partial charge in [-0.3, -0.25) is 4.90 Å². The number of aliphatic hydroxyl groups is 1. The van der Waals surface area contributed by atoms with Crippen LogP contribution in [0.1, 0.15) is 39.5 Å². The van der Waals surface area contributed by atoms with E-state index in [9.17, 15) is 5.11 Å². The van der Waals surface area contributed by atoms with Crippen molar-refractivity contribution in [1.29, 1.82) is 0 Å². The summed E-state index contributed by atoms with van der Waals surface area (Å²) in [4.78, 5) is 2.57. The average molecular weight is 198 g/mol. The predicted molar refractivity (Wildman–Crippen MR) is 57.0 cm³/mol. The first kappa shape index (κ1) is 10.4. The van der Waals surface area contributed by atoms with Gasteiger partial charge in [-0.05, 0) is 39.5 Å². The van der Waals surface area contributed by atoms with Crippen molar-refractivity contribution in [3.63, 3.8) is 0 Å². The van der Waals surface area contributed by atoms with Crippen LogP contribution < -0.4 is 5.73 Å². The van der Waals surface area contributed by atoms with Crippen molar-refractivity contribution in [2.45, 2.75) is 63.3 Å². The second kappa shape index (κ2) is 3.47. The molecule has 2 rings (SSSR count). The molecule has 0 spiro atoms. The number of nitrogens with two attached hydrogens (primary N) is 1. The number of hydrogen-bond donors (Lipinski definition) is 2. The van der Waals surface area contributed by atoms with E-state index in [2.05, 4.69) is 18.7 Å². The highest BCUT2D eigenvalue weighted by atomic mass is 16.3. The molecule has 0 saturated carbocycles. The Bertz CT molecular complexity index is 203. The maximum absolute atomic E-state index is 10.2. The second-order valence-corrected chi connectivity index (χ2v) is 5.26. The van der Waals surface area contributed by atoms with Gasteiger partial charge in [-0.2, -0.15) is 0 Å². The Balaban J connectivity index is 2.12. The molecule has 3 nitrogen and oxygen atoms in total. The van der Waals surface area contributed by atoms with Crippen LogP contribution in [0.3, 0.4) is 0 Å². The summed E-state index contributed by atoms with van der Waals surface area (Å²) in [5.41, 5.74) is 5.07. The minimum Gasteiger partial charge on any atom is -0.388 e. The standard InChI is InChI=1S/C11H22N2O/c1-8(2)13-9-3-4-10(13)6-11(14,5-9)7-12/h8-10,14H,3-7,12H2,1-2H3. The lowest BCUT2D eigenvalue weighted by molar-refractivity contribution is -0.0542. The van der Waals surface area contributed by atoms with Crippen LogP contribution >= 0.6 is 0 Å². The van der Waals surface area contributed by atoms with Crippen molar-refractivity contribution in [3.8, 4) is 0 Å². The molecule has 2 aliphatic rings. The Morgan fingerprint density at radius 3 is 2.21 bits per heavy atom. The molecule has 14 heavy (non-hydrogen) atoms. The minimum atomic E-state index is -0.572. The Morgan fingerprint density at radius 1 is 1.36 bits per heavy atom. The highest BCUT2D eigenvalue weighted by Gasteiger charge is 2.47. The normalized spacial score (nSPS) is 43.5. The van der Waals surface area contributed by atoms with Crippen molar-refractivity contribution >= 4 is 0 Å². The molecule has 2 unspecified atom stereocenters. The summed E-state index contributed by atoms with van der Waals surface area (Å²) < 4.78 is 0. The van der Waals surface area contributed by atoms with E-state index in [4.69, 9.17) is 5.73 Å². The van der Waals surface area contributed by atoms with Gasteiger partial charge in [-0.15, -0.1) is 0 Å². The summed E-state index contributed by atoms with van der Waals surface area (Å²) in [6, 6.07) is 1.75. The van der Waals surface area contributed by atoms with Gasteiger partial charge in [0.05, 0.1) is 5.60 Å². The summed E-state index contributed by atoms with van der Waals surface area (Å²) in [5.74, 6) is 0. The fraction of sp³-hybridized carbons (Fsp3) is 1.00. The first-order chi connectivity index (χ1) is 6.56. The van der Waals surface area contributed by atoms with E-state index in [1.165, 1.54) is 12.8 Å². The van der Waals surface area contributed by atoms with E-state index in [1.54, 1.807) is 0 Å². The minimum absolute atomic E-state index is 0.423. The molecule has 0 aromatic rings. The average Bonchev–Trinajstić information content (AvgIpc) is 2.40. The van der Waals surface area contributed by atoms with Crippen LogP contribution in [0.4, 0.5) is 0 Å². The summed E-state index contributed by atoms with van der Waals surface area (Å²) in [6.45, 7) is 4.92. The van der Waals surface area contributed by atoms with Crippen LogP contribution in [0.2, 0.25) is 0 Å². The van der Waals surface area contributed by atoms with E-state index in [-0.39, 0.29) is 0 Å². The van der Waals surface area contributed by atoms with Crippen molar-refractivity contribution in [1.82, 2.24) is 4.90 Å². The monoisotopic (exact) mass is 198 g/mol. The second-order valence-electron chi connectivity index (χ2n) is 5.26. The van der Waals surface area contributed by atoms with Gasteiger partial charge in [0.2, 0.25) is 0 Å². The quantitative estimate of drug-likeness (QED) is 0.687. The number of hydrogen-bond acceptors (Lipinski definition) is 3. The molecule has 0 radical (unpaired) electrons. The SMILES string of the molecule is CC(C)N1C2CCC1CC(O)(CN)C2.